The van der Waals surface area contributed by atoms with Crippen LogP contribution in [0.1, 0.15) is 17.0 Å². The fourth-order valence-electron chi connectivity index (χ4n) is 3.30. The maximum absolute atomic E-state index is 13.1. The van der Waals surface area contributed by atoms with Crippen molar-refractivity contribution in [2.45, 2.75) is 25.2 Å². The zero-order valence-corrected chi connectivity index (χ0v) is 14.7. The first-order valence-corrected chi connectivity index (χ1v) is 9.41. The van der Waals surface area contributed by atoms with Crippen LogP contribution < -0.4 is 4.31 Å². The van der Waals surface area contributed by atoms with Crippen molar-refractivity contribution in [1.82, 2.24) is 10.1 Å². The molecule has 0 radical (unpaired) electrons. The van der Waals surface area contributed by atoms with Crippen molar-refractivity contribution in [1.29, 1.82) is 0 Å². The molecule has 0 unspecified atom stereocenters. The summed E-state index contributed by atoms with van der Waals surface area (Å²) < 4.78 is 32.6. The molecule has 4 rings (SSSR count). The molecule has 1 aromatic carbocycles. The Morgan fingerprint density at radius 3 is 2.52 bits per heavy atom. The maximum atomic E-state index is 13.1. The van der Waals surface area contributed by atoms with Gasteiger partial charge in [0, 0.05) is 18.9 Å². The summed E-state index contributed by atoms with van der Waals surface area (Å²) in [6.45, 7) is 3.69. The molecule has 6 nitrogen and oxygen atoms in total. The van der Waals surface area contributed by atoms with Crippen LogP contribution in [0.3, 0.4) is 0 Å². The molecule has 2 aromatic heterocycles. The Balaban J connectivity index is 1.76. The van der Waals surface area contributed by atoms with Gasteiger partial charge in [-0.25, -0.2) is 8.42 Å². The number of aryl methyl sites for hydroxylation is 2. The monoisotopic (exact) mass is 355 g/mol. The van der Waals surface area contributed by atoms with E-state index < -0.39 is 10.0 Å². The Morgan fingerprint density at radius 2 is 1.84 bits per heavy atom. The number of hydrogen-bond donors (Lipinski definition) is 0. The van der Waals surface area contributed by atoms with Gasteiger partial charge in [0.2, 0.25) is 0 Å². The van der Waals surface area contributed by atoms with Gasteiger partial charge in [-0.1, -0.05) is 11.2 Å². The molecule has 7 heteroatoms. The molecule has 0 saturated carbocycles. The third kappa shape index (κ3) is 2.51. The van der Waals surface area contributed by atoms with E-state index in [9.17, 15) is 8.42 Å². The van der Waals surface area contributed by atoms with Crippen LogP contribution in [0.5, 0.6) is 0 Å². The van der Waals surface area contributed by atoms with Crippen LogP contribution in [0.4, 0.5) is 5.69 Å². The molecule has 0 bridgehead atoms. The van der Waals surface area contributed by atoms with Gasteiger partial charge in [0.15, 0.2) is 10.7 Å². The smallest absolute Gasteiger partial charge is 0.269 e. The quantitative estimate of drug-likeness (QED) is 0.721. The number of sulfonamides is 1. The predicted molar refractivity (Wildman–Crippen MR) is 93.9 cm³/mol. The van der Waals surface area contributed by atoms with Gasteiger partial charge >= 0.3 is 0 Å². The highest BCUT2D eigenvalue weighted by molar-refractivity contribution is 7.93. The topological polar surface area (TPSA) is 76.3 Å². The summed E-state index contributed by atoms with van der Waals surface area (Å²) in [6.07, 6.45) is 4.17. The van der Waals surface area contributed by atoms with Gasteiger partial charge in [0.05, 0.1) is 5.69 Å². The van der Waals surface area contributed by atoms with E-state index in [-0.39, 0.29) is 4.90 Å². The van der Waals surface area contributed by atoms with Crippen molar-refractivity contribution in [2.24, 2.45) is 0 Å². The standard InChI is InChI=1S/C18H17N3O3S/c1-12-18(13(2)24-20-12)25(22,23)21-10-7-16-11-15(3-4-17(16)21)14-5-8-19-9-6-14/h3-6,8-9,11H,7,10H2,1-2H3. The van der Waals surface area contributed by atoms with E-state index in [4.69, 9.17) is 4.52 Å². The molecule has 1 aliphatic rings. The molecule has 3 aromatic rings. The van der Waals surface area contributed by atoms with E-state index in [0.29, 0.717) is 24.4 Å². The lowest BCUT2D eigenvalue weighted by Gasteiger charge is -2.19. The molecular weight excluding hydrogens is 338 g/mol. The van der Waals surface area contributed by atoms with Crippen molar-refractivity contribution in [2.75, 3.05) is 10.8 Å². The molecule has 3 heterocycles. The van der Waals surface area contributed by atoms with E-state index in [0.717, 1.165) is 22.4 Å². The molecule has 25 heavy (non-hydrogen) atoms. The van der Waals surface area contributed by atoms with Gasteiger partial charge in [-0.15, -0.1) is 0 Å². The zero-order chi connectivity index (χ0) is 17.6. The van der Waals surface area contributed by atoms with Crippen molar-refractivity contribution in [3.63, 3.8) is 0 Å². The van der Waals surface area contributed by atoms with Crippen LogP contribution in [0.25, 0.3) is 11.1 Å². The number of nitrogens with zero attached hydrogens (tertiary/aromatic N) is 3. The molecule has 0 spiro atoms. The third-order valence-electron chi connectivity index (χ3n) is 4.46. The van der Waals surface area contributed by atoms with Crippen LogP contribution in [0, 0.1) is 13.8 Å². The summed E-state index contributed by atoms with van der Waals surface area (Å²) in [6, 6.07) is 9.74. The molecule has 0 aliphatic carbocycles. The number of aromatic nitrogens is 2. The highest BCUT2D eigenvalue weighted by Crippen LogP contribution is 2.36. The van der Waals surface area contributed by atoms with Crippen molar-refractivity contribution < 1.29 is 12.9 Å². The molecule has 128 valence electrons. The van der Waals surface area contributed by atoms with E-state index >= 15 is 0 Å². The third-order valence-corrected chi connectivity index (χ3v) is 6.52. The molecular formula is C18H17N3O3S. The van der Waals surface area contributed by atoms with Crippen LogP contribution >= 0.6 is 0 Å². The molecule has 0 amide bonds. The Labute approximate surface area is 146 Å². The van der Waals surface area contributed by atoms with Crippen LogP contribution in [-0.2, 0) is 16.4 Å². The highest BCUT2D eigenvalue weighted by atomic mass is 32.2. The predicted octanol–water partition coefficient (Wildman–Crippen LogP) is 3.10. The number of anilines is 1. The first-order valence-electron chi connectivity index (χ1n) is 7.97. The lowest BCUT2D eigenvalue weighted by atomic mass is 10.0. The molecule has 0 saturated heterocycles. The number of fused-ring (bicyclic) bond motifs is 1. The summed E-state index contributed by atoms with van der Waals surface area (Å²) in [4.78, 5) is 4.20. The molecule has 0 N–H and O–H groups in total. The van der Waals surface area contributed by atoms with Gasteiger partial charge in [0.25, 0.3) is 10.0 Å². The normalized spacial score (nSPS) is 13.9. The molecule has 0 fully saturated rings. The first-order chi connectivity index (χ1) is 12.0. The van der Waals surface area contributed by atoms with E-state index in [1.54, 1.807) is 26.2 Å². The summed E-state index contributed by atoms with van der Waals surface area (Å²) in [5.41, 5.74) is 4.24. The van der Waals surface area contributed by atoms with Crippen molar-refractivity contribution >= 4 is 15.7 Å². The molecule has 1 aliphatic heterocycles. The van der Waals surface area contributed by atoms with Gasteiger partial charge in [-0.3, -0.25) is 9.29 Å². The van der Waals surface area contributed by atoms with Crippen molar-refractivity contribution in [3.8, 4) is 11.1 Å². The lowest BCUT2D eigenvalue weighted by molar-refractivity contribution is 0.390. The van der Waals surface area contributed by atoms with Gasteiger partial charge in [-0.05, 0) is 61.2 Å². The largest absolute Gasteiger partial charge is 0.360 e. The number of rotatable bonds is 3. The van der Waals surface area contributed by atoms with Crippen LogP contribution in [0.2, 0.25) is 0 Å². The minimum Gasteiger partial charge on any atom is -0.360 e. The fraction of sp³-hybridized carbons (Fsp3) is 0.222. The summed E-state index contributed by atoms with van der Waals surface area (Å²) >= 11 is 0. The average molecular weight is 355 g/mol. The van der Waals surface area contributed by atoms with Crippen molar-refractivity contribution in [3.05, 3.63) is 59.7 Å². The summed E-state index contributed by atoms with van der Waals surface area (Å²) in [5, 5.41) is 3.78. The minimum absolute atomic E-state index is 0.165. The Bertz CT molecular complexity index is 1020. The average Bonchev–Trinajstić information content (AvgIpc) is 3.19. The lowest BCUT2D eigenvalue weighted by Crippen LogP contribution is -2.29. The summed E-state index contributed by atoms with van der Waals surface area (Å²) in [5.74, 6) is 0.319. The Morgan fingerprint density at radius 1 is 1.08 bits per heavy atom. The second kappa shape index (κ2) is 5.70. The Kier molecular flexibility index (Phi) is 3.61. The second-order valence-corrected chi connectivity index (χ2v) is 7.86. The second-order valence-electron chi connectivity index (χ2n) is 6.06. The number of hydrogen-bond acceptors (Lipinski definition) is 5. The maximum Gasteiger partial charge on any atom is 0.269 e. The number of benzene rings is 1. The molecule has 0 atom stereocenters. The van der Waals surface area contributed by atoms with E-state index in [1.807, 2.05) is 30.3 Å². The van der Waals surface area contributed by atoms with Gasteiger partial charge < -0.3 is 4.52 Å². The highest BCUT2D eigenvalue weighted by Gasteiger charge is 2.35. The SMILES string of the molecule is Cc1noc(C)c1S(=O)(=O)N1CCc2cc(-c3ccncc3)ccc21. The fourth-order valence-corrected chi connectivity index (χ4v) is 5.10. The first kappa shape index (κ1) is 15.8. The van der Waals surface area contributed by atoms with Gasteiger partial charge in [-0.2, -0.15) is 0 Å². The number of pyridine rings is 1. The van der Waals surface area contributed by atoms with Crippen LogP contribution in [-0.4, -0.2) is 25.1 Å². The van der Waals surface area contributed by atoms with E-state index in [2.05, 4.69) is 10.1 Å². The zero-order valence-electron chi connectivity index (χ0n) is 13.9. The van der Waals surface area contributed by atoms with Crippen LogP contribution in [0.15, 0.2) is 52.1 Å². The van der Waals surface area contributed by atoms with Gasteiger partial charge in [0.1, 0.15) is 5.69 Å². The Hall–Kier alpha value is -2.67. The minimum atomic E-state index is -3.68. The summed E-state index contributed by atoms with van der Waals surface area (Å²) in [7, 11) is -3.68. The van der Waals surface area contributed by atoms with E-state index in [1.165, 1.54) is 4.31 Å².